The molecule has 4 rings (SSSR count). The molecule has 2 saturated heterocycles. The fourth-order valence-corrected chi connectivity index (χ4v) is 4.28. The molecule has 1 spiro atoms. The molecule has 2 fully saturated rings. The number of piperidine rings is 2. The molecule has 7 nitrogen and oxygen atoms in total. The highest BCUT2D eigenvalue weighted by Gasteiger charge is 2.41. The molecule has 0 aliphatic carbocycles. The molecule has 2 aliphatic heterocycles. The molecule has 2 aromatic rings. The first-order valence-electron chi connectivity index (χ1n) is 9.40. The number of likely N-dealkylation sites (tertiary alicyclic amines) is 2. The lowest BCUT2D eigenvalue weighted by Crippen LogP contribution is -2.53. The molecule has 138 valence electrons. The first-order valence-corrected chi connectivity index (χ1v) is 9.40. The Bertz CT molecular complexity index is 762. The van der Waals surface area contributed by atoms with Crippen LogP contribution < -0.4 is 0 Å². The second kappa shape index (κ2) is 7.15. The molecule has 0 aromatic carbocycles. The van der Waals surface area contributed by atoms with E-state index >= 15 is 0 Å². The SMILES string of the molecule is CCN1C[C@]2(CCCN(Cc3nnc(-c4cccnc4)o3)C2)CCC1=O. The van der Waals surface area contributed by atoms with Gasteiger partial charge in [0.2, 0.25) is 17.7 Å². The smallest absolute Gasteiger partial charge is 0.249 e. The topological polar surface area (TPSA) is 75.4 Å². The van der Waals surface area contributed by atoms with Crippen LogP contribution >= 0.6 is 0 Å². The minimum absolute atomic E-state index is 0.217. The van der Waals surface area contributed by atoms with E-state index in [1.54, 1.807) is 12.4 Å². The van der Waals surface area contributed by atoms with Gasteiger partial charge in [-0.25, -0.2) is 0 Å². The van der Waals surface area contributed by atoms with E-state index in [4.69, 9.17) is 4.42 Å². The van der Waals surface area contributed by atoms with Crippen LogP contribution in [0.25, 0.3) is 11.5 Å². The van der Waals surface area contributed by atoms with E-state index in [1.165, 1.54) is 6.42 Å². The highest BCUT2D eigenvalue weighted by Crippen LogP contribution is 2.39. The van der Waals surface area contributed by atoms with Crippen LogP contribution in [0.1, 0.15) is 38.5 Å². The summed E-state index contributed by atoms with van der Waals surface area (Å²) in [6, 6.07) is 3.77. The molecule has 1 amide bonds. The van der Waals surface area contributed by atoms with Crippen molar-refractivity contribution < 1.29 is 9.21 Å². The minimum Gasteiger partial charge on any atom is -0.419 e. The van der Waals surface area contributed by atoms with Gasteiger partial charge in [-0.15, -0.1) is 10.2 Å². The van der Waals surface area contributed by atoms with Gasteiger partial charge >= 0.3 is 0 Å². The summed E-state index contributed by atoms with van der Waals surface area (Å²) in [5.41, 5.74) is 1.06. The number of carbonyl (C=O) groups excluding carboxylic acids is 1. The van der Waals surface area contributed by atoms with E-state index in [2.05, 4.69) is 27.0 Å². The summed E-state index contributed by atoms with van der Waals surface area (Å²) in [4.78, 5) is 20.5. The van der Waals surface area contributed by atoms with E-state index < -0.39 is 0 Å². The van der Waals surface area contributed by atoms with Crippen molar-refractivity contribution in [1.29, 1.82) is 0 Å². The van der Waals surface area contributed by atoms with Gasteiger partial charge in [-0.05, 0) is 44.9 Å². The molecule has 1 atom stereocenters. The number of hydrogen-bond acceptors (Lipinski definition) is 6. The molecule has 0 unspecified atom stereocenters. The molecule has 2 aromatic heterocycles. The second-order valence-electron chi connectivity index (χ2n) is 7.46. The van der Waals surface area contributed by atoms with Gasteiger partial charge in [0.1, 0.15) is 0 Å². The lowest BCUT2D eigenvalue weighted by Gasteiger charge is -2.48. The Kier molecular flexibility index (Phi) is 4.72. The molecule has 0 N–H and O–H groups in total. The highest BCUT2D eigenvalue weighted by molar-refractivity contribution is 5.77. The van der Waals surface area contributed by atoms with Crippen molar-refractivity contribution in [1.82, 2.24) is 25.0 Å². The number of pyridine rings is 1. The van der Waals surface area contributed by atoms with Gasteiger partial charge in [0.15, 0.2) is 0 Å². The average molecular weight is 355 g/mol. The Morgan fingerprint density at radius 3 is 3.00 bits per heavy atom. The number of rotatable bonds is 4. The molecular formula is C19H25N5O2. The normalized spacial score (nSPS) is 24.3. The summed E-state index contributed by atoms with van der Waals surface area (Å²) in [7, 11) is 0. The van der Waals surface area contributed by atoms with E-state index in [-0.39, 0.29) is 5.41 Å². The summed E-state index contributed by atoms with van der Waals surface area (Å²) in [5.74, 6) is 1.45. The predicted octanol–water partition coefficient (Wildman–Crippen LogP) is 2.36. The van der Waals surface area contributed by atoms with Crippen molar-refractivity contribution in [3.05, 3.63) is 30.4 Å². The Balaban J connectivity index is 1.43. The summed E-state index contributed by atoms with van der Waals surface area (Å²) in [6.07, 6.45) is 7.46. The summed E-state index contributed by atoms with van der Waals surface area (Å²) in [5, 5.41) is 8.37. The lowest BCUT2D eigenvalue weighted by molar-refractivity contribution is -0.139. The fraction of sp³-hybridized carbons (Fsp3) is 0.579. The van der Waals surface area contributed by atoms with Gasteiger partial charge in [-0.2, -0.15) is 0 Å². The molecule has 0 saturated carbocycles. The zero-order valence-corrected chi connectivity index (χ0v) is 15.2. The maximum absolute atomic E-state index is 12.0. The quantitative estimate of drug-likeness (QED) is 0.838. The van der Waals surface area contributed by atoms with Crippen LogP contribution in [-0.2, 0) is 11.3 Å². The number of carbonyl (C=O) groups is 1. The lowest BCUT2D eigenvalue weighted by atomic mass is 9.73. The van der Waals surface area contributed by atoms with Gasteiger partial charge < -0.3 is 9.32 Å². The molecule has 7 heteroatoms. The van der Waals surface area contributed by atoms with Crippen LogP contribution in [0.4, 0.5) is 0 Å². The first kappa shape index (κ1) is 17.1. The van der Waals surface area contributed by atoms with E-state index in [0.717, 1.165) is 44.6 Å². The number of aromatic nitrogens is 3. The van der Waals surface area contributed by atoms with Crippen molar-refractivity contribution in [3.8, 4) is 11.5 Å². The average Bonchev–Trinajstić information content (AvgIpc) is 3.13. The van der Waals surface area contributed by atoms with E-state index in [0.29, 0.717) is 30.7 Å². The summed E-state index contributed by atoms with van der Waals surface area (Å²) >= 11 is 0. The Labute approximate surface area is 153 Å². The molecule has 4 heterocycles. The number of hydrogen-bond donors (Lipinski definition) is 0. The van der Waals surface area contributed by atoms with E-state index in [1.807, 2.05) is 17.0 Å². The Morgan fingerprint density at radius 2 is 2.19 bits per heavy atom. The molecule has 26 heavy (non-hydrogen) atoms. The van der Waals surface area contributed by atoms with Crippen molar-refractivity contribution in [2.45, 2.75) is 39.2 Å². The van der Waals surface area contributed by atoms with Gasteiger partial charge in [0.05, 0.1) is 12.1 Å². The standard InChI is InChI=1S/C19H25N5O2/c1-2-24-14-19(8-6-17(24)25)7-4-10-23(13-19)12-16-21-22-18(26-16)15-5-3-9-20-11-15/h3,5,9,11H,2,4,6-8,10,12-14H2,1H3/t19-/m1/s1. The van der Waals surface area contributed by atoms with Crippen LogP contribution in [0, 0.1) is 5.41 Å². The molecule has 0 radical (unpaired) electrons. The van der Waals surface area contributed by atoms with Crippen LogP contribution in [0.2, 0.25) is 0 Å². The maximum atomic E-state index is 12.0. The fourth-order valence-electron chi connectivity index (χ4n) is 4.28. The third-order valence-electron chi connectivity index (χ3n) is 5.60. The van der Waals surface area contributed by atoms with Gasteiger partial charge in [0, 0.05) is 43.9 Å². The van der Waals surface area contributed by atoms with Crippen molar-refractivity contribution in [2.75, 3.05) is 26.2 Å². The third-order valence-corrected chi connectivity index (χ3v) is 5.60. The van der Waals surface area contributed by atoms with Gasteiger partial charge in [0.25, 0.3) is 0 Å². The molecule has 2 aliphatic rings. The molecular weight excluding hydrogens is 330 g/mol. The summed E-state index contributed by atoms with van der Waals surface area (Å²) < 4.78 is 5.84. The van der Waals surface area contributed by atoms with Crippen LogP contribution in [0.15, 0.2) is 28.9 Å². The zero-order valence-electron chi connectivity index (χ0n) is 15.2. The number of amides is 1. The zero-order chi connectivity index (χ0) is 18.0. The van der Waals surface area contributed by atoms with Gasteiger partial charge in [-0.3, -0.25) is 14.7 Å². The maximum Gasteiger partial charge on any atom is 0.249 e. The van der Waals surface area contributed by atoms with Crippen molar-refractivity contribution in [2.24, 2.45) is 5.41 Å². The minimum atomic E-state index is 0.217. The van der Waals surface area contributed by atoms with Crippen molar-refractivity contribution in [3.63, 3.8) is 0 Å². The Hall–Kier alpha value is -2.28. The molecule has 0 bridgehead atoms. The monoisotopic (exact) mass is 355 g/mol. The van der Waals surface area contributed by atoms with Gasteiger partial charge in [-0.1, -0.05) is 0 Å². The highest BCUT2D eigenvalue weighted by atomic mass is 16.4. The third kappa shape index (κ3) is 3.49. The predicted molar refractivity (Wildman–Crippen MR) is 96.0 cm³/mol. The Morgan fingerprint density at radius 1 is 1.27 bits per heavy atom. The van der Waals surface area contributed by atoms with Crippen LogP contribution in [-0.4, -0.2) is 57.1 Å². The summed E-state index contributed by atoms with van der Waals surface area (Å²) in [6.45, 7) is 6.43. The largest absolute Gasteiger partial charge is 0.419 e. The van der Waals surface area contributed by atoms with Crippen molar-refractivity contribution >= 4 is 5.91 Å². The van der Waals surface area contributed by atoms with Crippen LogP contribution in [0.3, 0.4) is 0 Å². The second-order valence-corrected chi connectivity index (χ2v) is 7.46. The van der Waals surface area contributed by atoms with Crippen LogP contribution in [0.5, 0.6) is 0 Å². The first-order chi connectivity index (χ1) is 12.7. The number of nitrogens with zero attached hydrogens (tertiary/aromatic N) is 5. The van der Waals surface area contributed by atoms with E-state index in [9.17, 15) is 4.79 Å².